The van der Waals surface area contributed by atoms with E-state index in [9.17, 15) is 4.79 Å². The van der Waals surface area contributed by atoms with E-state index in [1.54, 1.807) is 0 Å². The minimum Gasteiger partial charge on any atom is -0.354 e. The third-order valence-electron chi connectivity index (χ3n) is 5.05. The number of aromatic nitrogens is 4. The number of rotatable bonds is 8. The number of hydrogen-bond acceptors (Lipinski definition) is 4. The van der Waals surface area contributed by atoms with Crippen molar-refractivity contribution in [3.63, 3.8) is 0 Å². The minimum absolute atomic E-state index is 0.0312. The molecule has 4 rings (SSSR count). The molecule has 2 heterocycles. The quantitative estimate of drug-likeness (QED) is 0.430. The van der Waals surface area contributed by atoms with Crippen LogP contribution in [0.3, 0.4) is 0 Å². The molecule has 0 aliphatic heterocycles. The maximum atomic E-state index is 12.4. The molecular formula is C24H25N5OS. The summed E-state index contributed by atoms with van der Waals surface area (Å²) in [5.74, 6) is 1.09. The fourth-order valence-corrected chi connectivity index (χ4v) is 4.08. The van der Waals surface area contributed by atoms with Gasteiger partial charge >= 0.3 is 0 Å². The molecule has 1 amide bonds. The second-order valence-electron chi connectivity index (χ2n) is 7.41. The Balaban J connectivity index is 1.50. The molecule has 0 fully saturated rings. The molecule has 0 spiro atoms. The van der Waals surface area contributed by atoms with E-state index in [0.717, 1.165) is 22.8 Å². The Hall–Kier alpha value is -3.32. The third kappa shape index (κ3) is 5.24. The predicted octanol–water partition coefficient (Wildman–Crippen LogP) is 3.91. The fraction of sp³-hybridized carbons (Fsp3) is 0.208. The standard InChI is InChI=1S/C24H25N5OS/c1-18-10-12-20(13-11-18)29-22(15-21-9-6-14-28(21)2)26-27-24(29)31-17-23(30)25-16-19-7-4-3-5-8-19/h3-14H,15-17H2,1-2H3,(H,25,30). The van der Waals surface area contributed by atoms with Crippen molar-refractivity contribution >= 4 is 17.7 Å². The van der Waals surface area contributed by atoms with Gasteiger partial charge < -0.3 is 9.88 Å². The lowest BCUT2D eigenvalue weighted by molar-refractivity contribution is -0.118. The zero-order chi connectivity index (χ0) is 21.6. The monoisotopic (exact) mass is 431 g/mol. The molecule has 2 aromatic heterocycles. The molecule has 0 aliphatic carbocycles. The Morgan fingerprint density at radius 3 is 2.48 bits per heavy atom. The van der Waals surface area contributed by atoms with Crippen LogP contribution in [0.1, 0.15) is 22.6 Å². The van der Waals surface area contributed by atoms with Crippen molar-refractivity contribution < 1.29 is 4.79 Å². The van der Waals surface area contributed by atoms with Crippen LogP contribution >= 0.6 is 11.8 Å². The lowest BCUT2D eigenvalue weighted by Gasteiger charge is -2.11. The fourth-order valence-electron chi connectivity index (χ4n) is 3.28. The largest absolute Gasteiger partial charge is 0.354 e. The molecule has 158 valence electrons. The number of aryl methyl sites for hydroxylation is 2. The van der Waals surface area contributed by atoms with E-state index in [1.165, 1.54) is 17.3 Å². The molecule has 7 heteroatoms. The first kappa shape index (κ1) is 20.9. The zero-order valence-corrected chi connectivity index (χ0v) is 18.5. The van der Waals surface area contributed by atoms with Crippen molar-refractivity contribution in [2.45, 2.75) is 25.0 Å². The number of nitrogens with one attached hydrogen (secondary N) is 1. The van der Waals surface area contributed by atoms with Crippen molar-refractivity contribution in [3.8, 4) is 5.69 Å². The Bertz CT molecular complexity index is 1150. The van der Waals surface area contributed by atoms with Crippen LogP contribution in [-0.4, -0.2) is 31.0 Å². The van der Waals surface area contributed by atoms with E-state index < -0.39 is 0 Å². The first-order valence-corrected chi connectivity index (χ1v) is 11.1. The highest BCUT2D eigenvalue weighted by Gasteiger charge is 2.17. The van der Waals surface area contributed by atoms with Gasteiger partial charge in [-0.15, -0.1) is 10.2 Å². The zero-order valence-electron chi connectivity index (χ0n) is 17.7. The van der Waals surface area contributed by atoms with Crippen LogP contribution in [0.15, 0.2) is 78.1 Å². The van der Waals surface area contributed by atoms with Crippen LogP contribution in [0.4, 0.5) is 0 Å². The van der Waals surface area contributed by atoms with Crippen LogP contribution < -0.4 is 5.32 Å². The maximum absolute atomic E-state index is 12.4. The van der Waals surface area contributed by atoms with Gasteiger partial charge in [-0.3, -0.25) is 9.36 Å². The van der Waals surface area contributed by atoms with Crippen molar-refractivity contribution in [3.05, 3.63) is 95.6 Å². The summed E-state index contributed by atoms with van der Waals surface area (Å²) in [6.07, 6.45) is 2.68. The highest BCUT2D eigenvalue weighted by atomic mass is 32.2. The average Bonchev–Trinajstić information content (AvgIpc) is 3.38. The van der Waals surface area contributed by atoms with Crippen LogP contribution in [0.5, 0.6) is 0 Å². The Morgan fingerprint density at radius 2 is 1.77 bits per heavy atom. The molecule has 0 saturated heterocycles. The molecule has 0 aliphatic rings. The summed E-state index contributed by atoms with van der Waals surface area (Å²) in [5, 5.41) is 12.5. The number of hydrogen-bond donors (Lipinski definition) is 1. The van der Waals surface area contributed by atoms with E-state index >= 15 is 0 Å². The van der Waals surface area contributed by atoms with Gasteiger partial charge in [-0.2, -0.15) is 0 Å². The third-order valence-corrected chi connectivity index (χ3v) is 5.98. The second-order valence-corrected chi connectivity index (χ2v) is 8.35. The van der Waals surface area contributed by atoms with Gasteiger partial charge in [-0.25, -0.2) is 0 Å². The summed E-state index contributed by atoms with van der Waals surface area (Å²) in [4.78, 5) is 12.4. The topological polar surface area (TPSA) is 64.7 Å². The number of amides is 1. The SMILES string of the molecule is Cc1ccc(-n2c(Cc3cccn3C)nnc2SCC(=O)NCc2ccccc2)cc1. The highest BCUT2D eigenvalue weighted by molar-refractivity contribution is 7.99. The predicted molar refractivity (Wildman–Crippen MR) is 123 cm³/mol. The van der Waals surface area contributed by atoms with Crippen LogP contribution in [0, 0.1) is 6.92 Å². The van der Waals surface area contributed by atoms with Crippen LogP contribution in [0.2, 0.25) is 0 Å². The second kappa shape index (κ2) is 9.66. The van der Waals surface area contributed by atoms with Crippen molar-refractivity contribution in [1.29, 1.82) is 0 Å². The average molecular weight is 432 g/mol. The van der Waals surface area contributed by atoms with Crippen molar-refractivity contribution in [2.24, 2.45) is 7.05 Å². The molecule has 4 aromatic rings. The minimum atomic E-state index is -0.0312. The first-order valence-electron chi connectivity index (χ1n) is 10.1. The highest BCUT2D eigenvalue weighted by Crippen LogP contribution is 2.24. The van der Waals surface area contributed by atoms with Crippen molar-refractivity contribution in [1.82, 2.24) is 24.6 Å². The molecule has 0 radical (unpaired) electrons. The summed E-state index contributed by atoms with van der Waals surface area (Å²) in [7, 11) is 2.02. The Kier molecular flexibility index (Phi) is 6.52. The number of nitrogens with zero attached hydrogens (tertiary/aromatic N) is 4. The normalized spacial score (nSPS) is 10.9. The van der Waals surface area contributed by atoms with E-state index in [0.29, 0.717) is 18.1 Å². The summed E-state index contributed by atoms with van der Waals surface area (Å²) < 4.78 is 4.12. The molecule has 0 saturated carbocycles. The molecule has 2 aromatic carbocycles. The number of carbonyl (C=O) groups excluding carboxylic acids is 1. The van der Waals surface area contributed by atoms with E-state index in [-0.39, 0.29) is 11.7 Å². The van der Waals surface area contributed by atoms with Crippen molar-refractivity contribution in [2.75, 3.05) is 5.75 Å². The summed E-state index contributed by atoms with van der Waals surface area (Å²) in [6.45, 7) is 2.58. The van der Waals surface area contributed by atoms with Gasteiger partial charge in [-0.05, 0) is 36.8 Å². The molecule has 0 bridgehead atoms. The van der Waals surface area contributed by atoms with Gasteiger partial charge in [0.15, 0.2) is 5.16 Å². The van der Waals surface area contributed by atoms with Crippen LogP contribution in [0.25, 0.3) is 5.69 Å². The molecule has 31 heavy (non-hydrogen) atoms. The van der Waals surface area contributed by atoms with E-state index in [4.69, 9.17) is 0 Å². The van der Waals surface area contributed by atoms with Gasteiger partial charge in [-0.1, -0.05) is 59.8 Å². The Labute approximate surface area is 186 Å². The molecule has 1 N–H and O–H groups in total. The van der Waals surface area contributed by atoms with Gasteiger partial charge in [0.1, 0.15) is 5.82 Å². The number of benzene rings is 2. The van der Waals surface area contributed by atoms with Crippen LogP contribution in [-0.2, 0) is 24.8 Å². The molecule has 0 unspecified atom stereocenters. The maximum Gasteiger partial charge on any atom is 0.230 e. The number of thioether (sulfide) groups is 1. The van der Waals surface area contributed by atoms with E-state index in [1.807, 2.05) is 54.2 Å². The summed E-state index contributed by atoms with van der Waals surface area (Å²) in [5.41, 5.74) is 4.41. The van der Waals surface area contributed by atoms with Gasteiger partial charge in [0.05, 0.1) is 5.75 Å². The molecule has 0 atom stereocenters. The van der Waals surface area contributed by atoms with E-state index in [2.05, 4.69) is 57.3 Å². The lowest BCUT2D eigenvalue weighted by atomic mass is 10.2. The van der Waals surface area contributed by atoms with Gasteiger partial charge in [0.25, 0.3) is 0 Å². The molecular weight excluding hydrogens is 406 g/mol. The Morgan fingerprint density at radius 1 is 1.00 bits per heavy atom. The first-order chi connectivity index (χ1) is 15.1. The summed E-state index contributed by atoms with van der Waals surface area (Å²) >= 11 is 1.40. The lowest BCUT2D eigenvalue weighted by Crippen LogP contribution is -2.24. The smallest absolute Gasteiger partial charge is 0.230 e. The van der Waals surface area contributed by atoms with Gasteiger partial charge in [0.2, 0.25) is 5.91 Å². The number of carbonyl (C=O) groups is 1. The van der Waals surface area contributed by atoms with Gasteiger partial charge in [0, 0.05) is 37.6 Å². The molecule has 6 nitrogen and oxygen atoms in total. The summed E-state index contributed by atoms with van der Waals surface area (Å²) in [6, 6.07) is 22.3.